The van der Waals surface area contributed by atoms with Crippen molar-refractivity contribution < 1.29 is 4.74 Å². The van der Waals surface area contributed by atoms with E-state index >= 15 is 0 Å². The third-order valence-corrected chi connectivity index (χ3v) is 4.55. The van der Waals surface area contributed by atoms with Crippen molar-refractivity contribution in [3.63, 3.8) is 0 Å². The smallest absolute Gasteiger partial charge is 0.0622 e. The summed E-state index contributed by atoms with van der Waals surface area (Å²) >= 11 is 0. The fourth-order valence-electron chi connectivity index (χ4n) is 3.28. The summed E-state index contributed by atoms with van der Waals surface area (Å²) < 4.78 is 5.54. The molecule has 0 aromatic carbocycles. The van der Waals surface area contributed by atoms with Gasteiger partial charge in [-0.25, -0.2) is 0 Å². The lowest BCUT2D eigenvalue weighted by molar-refractivity contribution is -0.00793. The molecule has 3 heteroatoms. The van der Waals surface area contributed by atoms with Gasteiger partial charge in [0.2, 0.25) is 0 Å². The SMILES string of the molecule is CCC1COCCN1CCNCC1CCCCC1. The summed E-state index contributed by atoms with van der Waals surface area (Å²) in [6.45, 7) is 8.80. The number of ether oxygens (including phenoxy) is 1. The van der Waals surface area contributed by atoms with Crippen molar-refractivity contribution in [1.29, 1.82) is 0 Å². The Morgan fingerprint density at radius 2 is 2.06 bits per heavy atom. The van der Waals surface area contributed by atoms with Crippen LogP contribution in [0.1, 0.15) is 45.4 Å². The molecule has 0 aromatic rings. The van der Waals surface area contributed by atoms with E-state index in [2.05, 4.69) is 17.1 Å². The Balaban J connectivity index is 1.56. The average Bonchev–Trinajstić information content (AvgIpc) is 2.45. The van der Waals surface area contributed by atoms with Crippen LogP contribution in [0.15, 0.2) is 0 Å². The van der Waals surface area contributed by atoms with E-state index in [1.54, 1.807) is 0 Å². The Morgan fingerprint density at radius 3 is 2.83 bits per heavy atom. The monoisotopic (exact) mass is 254 g/mol. The van der Waals surface area contributed by atoms with Gasteiger partial charge in [-0.3, -0.25) is 4.90 Å². The Kier molecular flexibility index (Phi) is 6.46. The van der Waals surface area contributed by atoms with Crippen molar-refractivity contribution in [3.8, 4) is 0 Å². The van der Waals surface area contributed by atoms with Crippen LogP contribution in [0.4, 0.5) is 0 Å². The second-order valence-electron chi connectivity index (χ2n) is 5.88. The van der Waals surface area contributed by atoms with Gasteiger partial charge in [-0.05, 0) is 31.7 Å². The van der Waals surface area contributed by atoms with E-state index in [9.17, 15) is 0 Å². The molecule has 0 bridgehead atoms. The van der Waals surface area contributed by atoms with Gasteiger partial charge in [0.25, 0.3) is 0 Å². The van der Waals surface area contributed by atoms with Crippen LogP contribution < -0.4 is 5.32 Å². The van der Waals surface area contributed by atoms with E-state index in [0.29, 0.717) is 6.04 Å². The Hall–Kier alpha value is -0.120. The van der Waals surface area contributed by atoms with Gasteiger partial charge in [-0.2, -0.15) is 0 Å². The van der Waals surface area contributed by atoms with Gasteiger partial charge in [0.1, 0.15) is 0 Å². The summed E-state index contributed by atoms with van der Waals surface area (Å²) in [7, 11) is 0. The van der Waals surface area contributed by atoms with Gasteiger partial charge < -0.3 is 10.1 Å². The second kappa shape index (κ2) is 8.13. The Labute approximate surface area is 112 Å². The first-order chi connectivity index (χ1) is 8.90. The molecule has 1 N–H and O–H groups in total. The molecule has 1 saturated carbocycles. The second-order valence-corrected chi connectivity index (χ2v) is 5.88. The molecule has 0 radical (unpaired) electrons. The quantitative estimate of drug-likeness (QED) is 0.736. The molecule has 1 atom stereocenters. The Morgan fingerprint density at radius 1 is 1.22 bits per heavy atom. The number of nitrogens with zero attached hydrogens (tertiary/aromatic N) is 1. The van der Waals surface area contributed by atoms with Gasteiger partial charge in [-0.1, -0.05) is 26.2 Å². The molecule has 3 nitrogen and oxygen atoms in total. The van der Waals surface area contributed by atoms with Crippen LogP contribution in [0.25, 0.3) is 0 Å². The summed E-state index contributed by atoms with van der Waals surface area (Å²) in [6, 6.07) is 0.648. The lowest BCUT2D eigenvalue weighted by atomic mass is 9.89. The van der Waals surface area contributed by atoms with Crippen LogP contribution in [0.5, 0.6) is 0 Å². The number of rotatable bonds is 6. The predicted molar refractivity (Wildman–Crippen MR) is 75.9 cm³/mol. The summed E-state index contributed by atoms with van der Waals surface area (Å²) in [4.78, 5) is 2.59. The number of nitrogens with one attached hydrogen (secondary N) is 1. The van der Waals surface area contributed by atoms with Crippen molar-refractivity contribution in [3.05, 3.63) is 0 Å². The zero-order chi connectivity index (χ0) is 12.6. The van der Waals surface area contributed by atoms with Gasteiger partial charge >= 0.3 is 0 Å². The maximum absolute atomic E-state index is 5.54. The van der Waals surface area contributed by atoms with Crippen molar-refractivity contribution >= 4 is 0 Å². The molecule has 0 amide bonds. The molecular weight excluding hydrogens is 224 g/mol. The molecule has 18 heavy (non-hydrogen) atoms. The maximum atomic E-state index is 5.54. The summed E-state index contributed by atoms with van der Waals surface area (Å²) in [5.74, 6) is 0.949. The normalized spacial score (nSPS) is 27.5. The number of hydrogen-bond acceptors (Lipinski definition) is 3. The van der Waals surface area contributed by atoms with Crippen molar-refractivity contribution in [2.45, 2.75) is 51.5 Å². The van der Waals surface area contributed by atoms with E-state index in [4.69, 9.17) is 4.74 Å². The van der Waals surface area contributed by atoms with E-state index in [0.717, 1.165) is 32.2 Å². The molecule has 2 aliphatic rings. The fourth-order valence-corrected chi connectivity index (χ4v) is 3.28. The van der Waals surface area contributed by atoms with E-state index in [1.807, 2.05) is 0 Å². The lowest BCUT2D eigenvalue weighted by Gasteiger charge is -2.35. The topological polar surface area (TPSA) is 24.5 Å². The van der Waals surface area contributed by atoms with Crippen molar-refractivity contribution in [2.24, 2.45) is 5.92 Å². The maximum Gasteiger partial charge on any atom is 0.0622 e. The van der Waals surface area contributed by atoms with Gasteiger partial charge in [0, 0.05) is 25.7 Å². The minimum atomic E-state index is 0.648. The minimum Gasteiger partial charge on any atom is -0.378 e. The van der Waals surface area contributed by atoms with Crippen LogP contribution in [0.2, 0.25) is 0 Å². The van der Waals surface area contributed by atoms with Gasteiger partial charge in [0.15, 0.2) is 0 Å². The molecule has 106 valence electrons. The van der Waals surface area contributed by atoms with E-state index in [-0.39, 0.29) is 0 Å². The van der Waals surface area contributed by atoms with Crippen LogP contribution in [0, 0.1) is 5.92 Å². The molecule has 1 heterocycles. The Bertz CT molecular complexity index is 217. The number of morpholine rings is 1. The highest BCUT2D eigenvalue weighted by molar-refractivity contribution is 4.75. The van der Waals surface area contributed by atoms with E-state index < -0.39 is 0 Å². The third-order valence-electron chi connectivity index (χ3n) is 4.55. The molecular formula is C15H30N2O. The molecule has 0 spiro atoms. The standard InChI is InChI=1S/C15H30N2O/c1-2-15-13-18-11-10-17(15)9-8-16-12-14-6-4-3-5-7-14/h14-16H,2-13H2,1H3. The summed E-state index contributed by atoms with van der Waals surface area (Å²) in [6.07, 6.45) is 8.47. The molecule has 1 saturated heterocycles. The highest BCUT2D eigenvalue weighted by Gasteiger charge is 2.20. The van der Waals surface area contributed by atoms with Gasteiger partial charge in [-0.15, -0.1) is 0 Å². The molecule has 1 aliphatic heterocycles. The fraction of sp³-hybridized carbons (Fsp3) is 1.00. The van der Waals surface area contributed by atoms with Crippen LogP contribution >= 0.6 is 0 Å². The molecule has 1 unspecified atom stereocenters. The lowest BCUT2D eigenvalue weighted by Crippen LogP contribution is -2.47. The molecule has 1 aliphatic carbocycles. The highest BCUT2D eigenvalue weighted by Crippen LogP contribution is 2.22. The third kappa shape index (κ3) is 4.52. The zero-order valence-corrected chi connectivity index (χ0v) is 12.0. The van der Waals surface area contributed by atoms with Crippen molar-refractivity contribution in [2.75, 3.05) is 39.4 Å². The first kappa shape index (κ1) is 14.3. The first-order valence-corrected chi connectivity index (χ1v) is 7.92. The predicted octanol–water partition coefficient (Wildman–Crippen LogP) is 2.27. The largest absolute Gasteiger partial charge is 0.378 e. The zero-order valence-electron chi connectivity index (χ0n) is 12.0. The molecule has 2 fully saturated rings. The van der Waals surface area contributed by atoms with Crippen LogP contribution in [-0.4, -0.2) is 50.3 Å². The number of hydrogen-bond donors (Lipinski definition) is 1. The highest BCUT2D eigenvalue weighted by atomic mass is 16.5. The van der Waals surface area contributed by atoms with Gasteiger partial charge in [0.05, 0.1) is 13.2 Å². The van der Waals surface area contributed by atoms with Crippen LogP contribution in [0.3, 0.4) is 0 Å². The van der Waals surface area contributed by atoms with Crippen LogP contribution in [-0.2, 0) is 4.74 Å². The minimum absolute atomic E-state index is 0.648. The molecule has 2 rings (SSSR count). The van der Waals surface area contributed by atoms with E-state index in [1.165, 1.54) is 51.6 Å². The first-order valence-electron chi connectivity index (χ1n) is 7.92. The summed E-state index contributed by atoms with van der Waals surface area (Å²) in [5.41, 5.74) is 0. The van der Waals surface area contributed by atoms with Crippen molar-refractivity contribution in [1.82, 2.24) is 10.2 Å². The molecule has 0 aromatic heterocycles. The average molecular weight is 254 g/mol. The summed E-state index contributed by atoms with van der Waals surface area (Å²) in [5, 5.41) is 3.66.